The van der Waals surface area contributed by atoms with Gasteiger partial charge in [0.15, 0.2) is 5.96 Å². The molecule has 20 heavy (non-hydrogen) atoms. The molecule has 0 radical (unpaired) electrons. The van der Waals surface area contributed by atoms with Crippen molar-refractivity contribution in [2.45, 2.75) is 20.4 Å². The number of hydrogen-bond acceptors (Lipinski definition) is 2. The molecule has 0 aromatic heterocycles. The van der Waals surface area contributed by atoms with Crippen LogP contribution in [0.15, 0.2) is 29.3 Å². The van der Waals surface area contributed by atoms with Crippen LogP contribution in [0.3, 0.4) is 0 Å². The van der Waals surface area contributed by atoms with Gasteiger partial charge in [-0.25, -0.2) is 0 Å². The van der Waals surface area contributed by atoms with E-state index in [0.717, 1.165) is 32.1 Å². The fourth-order valence-electron chi connectivity index (χ4n) is 1.73. The predicted octanol–water partition coefficient (Wildman–Crippen LogP) is 2.23. The minimum atomic E-state index is 0. The van der Waals surface area contributed by atoms with Crippen LogP contribution < -0.4 is 10.6 Å². The molecule has 5 heteroatoms. The normalized spacial score (nSPS) is 11.2. The smallest absolute Gasteiger partial charge is 0.191 e. The average molecular weight is 390 g/mol. The summed E-state index contributed by atoms with van der Waals surface area (Å²) in [6.45, 7) is 8.07. The highest BCUT2D eigenvalue weighted by molar-refractivity contribution is 14.0. The van der Waals surface area contributed by atoms with Crippen LogP contribution in [0, 0.1) is 6.92 Å². The van der Waals surface area contributed by atoms with Crippen LogP contribution in [-0.4, -0.2) is 44.6 Å². The summed E-state index contributed by atoms with van der Waals surface area (Å²) in [5.74, 6) is 0.854. The number of nitrogens with zero attached hydrogens (tertiary/aromatic N) is 2. The summed E-state index contributed by atoms with van der Waals surface area (Å²) in [6, 6.07) is 8.40. The molecule has 4 nitrogen and oxygen atoms in total. The van der Waals surface area contributed by atoms with Crippen molar-refractivity contribution in [3.8, 4) is 0 Å². The summed E-state index contributed by atoms with van der Waals surface area (Å²) in [5, 5.41) is 6.66. The second-order valence-electron chi connectivity index (χ2n) is 4.67. The number of aliphatic imine (C=N–C) groups is 1. The Hall–Kier alpha value is -0.820. The van der Waals surface area contributed by atoms with Crippen LogP contribution in [-0.2, 0) is 6.54 Å². The summed E-state index contributed by atoms with van der Waals surface area (Å²) in [7, 11) is 3.92. The van der Waals surface area contributed by atoms with Crippen molar-refractivity contribution in [2.75, 3.05) is 33.7 Å². The van der Waals surface area contributed by atoms with Crippen LogP contribution in [0.5, 0.6) is 0 Å². The maximum Gasteiger partial charge on any atom is 0.191 e. The van der Waals surface area contributed by atoms with Gasteiger partial charge in [-0.15, -0.1) is 24.0 Å². The Morgan fingerprint density at radius 2 is 1.95 bits per heavy atom. The number of aryl methyl sites for hydroxylation is 1. The van der Waals surface area contributed by atoms with E-state index < -0.39 is 0 Å². The summed E-state index contributed by atoms with van der Waals surface area (Å²) < 4.78 is 0. The van der Waals surface area contributed by atoms with Gasteiger partial charge in [0.05, 0.1) is 0 Å². The average Bonchev–Trinajstić information content (AvgIpc) is 2.43. The number of halogens is 1. The van der Waals surface area contributed by atoms with Crippen LogP contribution in [0.25, 0.3) is 0 Å². The van der Waals surface area contributed by atoms with Crippen molar-refractivity contribution in [2.24, 2.45) is 4.99 Å². The van der Waals surface area contributed by atoms with Gasteiger partial charge in [0, 0.05) is 26.7 Å². The molecule has 0 unspecified atom stereocenters. The molecule has 0 atom stereocenters. The van der Waals surface area contributed by atoms with Gasteiger partial charge in [-0.2, -0.15) is 0 Å². The number of benzene rings is 1. The Bertz CT molecular complexity index is 407. The number of guanidine groups is 1. The topological polar surface area (TPSA) is 39.7 Å². The monoisotopic (exact) mass is 390 g/mol. The predicted molar refractivity (Wildman–Crippen MR) is 98.0 cm³/mol. The number of likely N-dealkylation sites (N-methyl/N-ethyl adjacent to an activating group) is 1. The zero-order valence-electron chi connectivity index (χ0n) is 12.9. The zero-order valence-corrected chi connectivity index (χ0v) is 15.3. The molecule has 1 aromatic carbocycles. The molecule has 0 bridgehead atoms. The van der Waals surface area contributed by atoms with E-state index in [1.165, 1.54) is 11.1 Å². The Morgan fingerprint density at radius 3 is 2.55 bits per heavy atom. The van der Waals surface area contributed by atoms with E-state index in [2.05, 4.69) is 65.7 Å². The van der Waals surface area contributed by atoms with Gasteiger partial charge < -0.3 is 15.5 Å². The van der Waals surface area contributed by atoms with Gasteiger partial charge in [-0.1, -0.05) is 31.2 Å². The molecule has 1 aromatic rings. The lowest BCUT2D eigenvalue weighted by atomic mass is 10.1. The van der Waals surface area contributed by atoms with E-state index >= 15 is 0 Å². The van der Waals surface area contributed by atoms with Gasteiger partial charge in [0.25, 0.3) is 0 Å². The van der Waals surface area contributed by atoms with Gasteiger partial charge >= 0.3 is 0 Å². The van der Waals surface area contributed by atoms with Crippen molar-refractivity contribution >= 4 is 29.9 Å². The van der Waals surface area contributed by atoms with Crippen LogP contribution in [0.1, 0.15) is 18.1 Å². The summed E-state index contributed by atoms with van der Waals surface area (Å²) in [4.78, 5) is 6.50. The van der Waals surface area contributed by atoms with Crippen molar-refractivity contribution < 1.29 is 0 Å². The second-order valence-corrected chi connectivity index (χ2v) is 4.67. The molecule has 2 N–H and O–H groups in total. The molecule has 0 aliphatic carbocycles. The van der Waals surface area contributed by atoms with Crippen molar-refractivity contribution in [1.29, 1.82) is 0 Å². The standard InChI is InChI=1S/C15H26N4.HI/c1-5-19(4)11-10-17-15(16-3)18-12-14-9-7-6-8-13(14)2;/h6-9H,5,10-12H2,1-4H3,(H2,16,17,18);1H. The minimum Gasteiger partial charge on any atom is -0.355 e. The molecular formula is C15H27IN4. The lowest BCUT2D eigenvalue weighted by Crippen LogP contribution is -2.40. The fraction of sp³-hybridized carbons (Fsp3) is 0.533. The van der Waals surface area contributed by atoms with E-state index in [1.54, 1.807) is 7.05 Å². The number of hydrogen-bond donors (Lipinski definition) is 2. The first-order chi connectivity index (χ1) is 9.17. The maximum atomic E-state index is 4.23. The molecule has 0 aliphatic rings. The van der Waals surface area contributed by atoms with Gasteiger partial charge in [0.2, 0.25) is 0 Å². The molecule has 0 aliphatic heterocycles. The molecular weight excluding hydrogens is 363 g/mol. The van der Waals surface area contributed by atoms with E-state index in [0.29, 0.717) is 0 Å². The molecule has 0 saturated carbocycles. The first-order valence-corrected chi connectivity index (χ1v) is 6.85. The first kappa shape index (κ1) is 19.2. The van der Waals surface area contributed by atoms with E-state index in [1.807, 2.05) is 0 Å². The van der Waals surface area contributed by atoms with Crippen LogP contribution >= 0.6 is 24.0 Å². The third-order valence-electron chi connectivity index (χ3n) is 3.26. The highest BCUT2D eigenvalue weighted by Crippen LogP contribution is 2.05. The Labute approximate surface area is 140 Å². The SMILES string of the molecule is CCN(C)CCNC(=NC)NCc1ccccc1C.I. The molecule has 114 valence electrons. The van der Waals surface area contributed by atoms with Crippen LogP contribution in [0.4, 0.5) is 0 Å². The Morgan fingerprint density at radius 1 is 1.25 bits per heavy atom. The zero-order chi connectivity index (χ0) is 14.1. The Kier molecular flexibility index (Phi) is 10.5. The van der Waals surface area contributed by atoms with Crippen molar-refractivity contribution in [3.63, 3.8) is 0 Å². The molecule has 0 heterocycles. The number of rotatable bonds is 6. The van der Waals surface area contributed by atoms with Gasteiger partial charge in [-0.3, -0.25) is 4.99 Å². The molecule has 1 rings (SSSR count). The largest absolute Gasteiger partial charge is 0.355 e. The van der Waals surface area contributed by atoms with E-state index in [-0.39, 0.29) is 24.0 Å². The number of nitrogens with one attached hydrogen (secondary N) is 2. The second kappa shape index (κ2) is 10.9. The quantitative estimate of drug-likeness (QED) is 0.445. The van der Waals surface area contributed by atoms with Crippen molar-refractivity contribution in [3.05, 3.63) is 35.4 Å². The molecule has 0 saturated heterocycles. The third-order valence-corrected chi connectivity index (χ3v) is 3.26. The van der Waals surface area contributed by atoms with Crippen LogP contribution in [0.2, 0.25) is 0 Å². The lowest BCUT2D eigenvalue weighted by molar-refractivity contribution is 0.357. The fourth-order valence-corrected chi connectivity index (χ4v) is 1.73. The maximum absolute atomic E-state index is 4.23. The summed E-state index contributed by atoms with van der Waals surface area (Å²) in [5.41, 5.74) is 2.60. The third kappa shape index (κ3) is 7.09. The van der Waals surface area contributed by atoms with E-state index in [9.17, 15) is 0 Å². The molecule has 0 spiro atoms. The molecule has 0 fully saturated rings. The lowest BCUT2D eigenvalue weighted by Gasteiger charge is -2.16. The summed E-state index contributed by atoms with van der Waals surface area (Å²) >= 11 is 0. The van der Waals surface area contributed by atoms with Crippen molar-refractivity contribution in [1.82, 2.24) is 15.5 Å². The first-order valence-electron chi connectivity index (χ1n) is 6.85. The highest BCUT2D eigenvalue weighted by Gasteiger charge is 2.00. The van der Waals surface area contributed by atoms with Gasteiger partial charge in [0.1, 0.15) is 0 Å². The van der Waals surface area contributed by atoms with Gasteiger partial charge in [-0.05, 0) is 31.6 Å². The minimum absolute atomic E-state index is 0. The Balaban J connectivity index is 0.00000361. The van der Waals surface area contributed by atoms with E-state index in [4.69, 9.17) is 0 Å². The highest BCUT2D eigenvalue weighted by atomic mass is 127. The summed E-state index contributed by atoms with van der Waals surface area (Å²) in [6.07, 6.45) is 0. The molecule has 0 amide bonds.